The van der Waals surface area contributed by atoms with Gasteiger partial charge in [0.2, 0.25) is 0 Å². The zero-order valence-electron chi connectivity index (χ0n) is 12.9. The molecule has 1 fully saturated rings. The number of nitrogens with zero attached hydrogens (tertiary/aromatic N) is 2. The first-order valence-corrected chi connectivity index (χ1v) is 9.24. The molecule has 4 rings (SSSR count). The zero-order valence-corrected chi connectivity index (χ0v) is 13.7. The van der Waals surface area contributed by atoms with E-state index in [1.165, 1.54) is 25.0 Å². The Kier molecular flexibility index (Phi) is 3.97. The second-order valence-corrected chi connectivity index (χ2v) is 7.39. The molecule has 2 aliphatic carbocycles. The Hall–Kier alpha value is -1.62. The van der Waals surface area contributed by atoms with Crippen LogP contribution in [-0.2, 0) is 12.8 Å². The lowest BCUT2D eigenvalue weighted by Crippen LogP contribution is -2.29. The van der Waals surface area contributed by atoms with E-state index in [1.807, 2.05) is 0 Å². The van der Waals surface area contributed by atoms with Gasteiger partial charge in [-0.15, -0.1) is 0 Å². The number of halogens is 1. The monoisotopic (exact) mass is 330 g/mol. The maximum Gasteiger partial charge on any atom is 0.262 e. The first kappa shape index (κ1) is 14.9. The molecular weight excluding hydrogens is 311 g/mol. The van der Waals surface area contributed by atoms with Gasteiger partial charge in [0.1, 0.15) is 5.82 Å². The van der Waals surface area contributed by atoms with Gasteiger partial charge in [0.25, 0.3) is 5.56 Å². The number of benzene rings is 1. The predicted octanol–water partition coefficient (Wildman–Crippen LogP) is 3.75. The Bertz CT molecular complexity index is 798. The van der Waals surface area contributed by atoms with Crippen molar-refractivity contribution in [2.75, 3.05) is 5.75 Å². The molecule has 23 heavy (non-hydrogen) atoms. The van der Waals surface area contributed by atoms with Crippen LogP contribution in [0, 0.1) is 11.7 Å². The van der Waals surface area contributed by atoms with E-state index in [1.54, 1.807) is 28.5 Å². The highest BCUT2D eigenvalue weighted by Gasteiger charge is 2.25. The van der Waals surface area contributed by atoms with Crippen LogP contribution in [-0.4, -0.2) is 15.3 Å². The van der Waals surface area contributed by atoms with Gasteiger partial charge < -0.3 is 0 Å². The average molecular weight is 330 g/mol. The standard InChI is InChI=1S/C18H19FN2OS/c19-13-4-3-5-14(10-13)21-17(22)15-6-1-2-7-16(15)20-18(21)23-11-12-8-9-12/h3-5,10,12H,1-2,6-9,11H2. The maximum atomic E-state index is 13.6. The smallest absolute Gasteiger partial charge is 0.262 e. The third kappa shape index (κ3) is 3.07. The molecule has 1 saturated carbocycles. The van der Waals surface area contributed by atoms with Crippen molar-refractivity contribution in [2.24, 2.45) is 5.92 Å². The minimum Gasteiger partial charge on any atom is -0.269 e. The van der Waals surface area contributed by atoms with Crippen molar-refractivity contribution < 1.29 is 4.39 Å². The highest BCUT2D eigenvalue weighted by molar-refractivity contribution is 7.99. The molecular formula is C18H19FN2OS. The molecule has 0 saturated heterocycles. The fraction of sp³-hybridized carbons (Fsp3) is 0.444. The third-order valence-corrected chi connectivity index (χ3v) is 5.70. The van der Waals surface area contributed by atoms with Crippen LogP contribution in [0.3, 0.4) is 0 Å². The first-order chi connectivity index (χ1) is 11.2. The number of thioether (sulfide) groups is 1. The molecule has 0 radical (unpaired) electrons. The Morgan fingerprint density at radius 1 is 1.26 bits per heavy atom. The summed E-state index contributed by atoms with van der Waals surface area (Å²) in [6.07, 6.45) is 6.32. The molecule has 0 amide bonds. The molecule has 1 aromatic carbocycles. The molecule has 120 valence electrons. The predicted molar refractivity (Wildman–Crippen MR) is 89.9 cm³/mol. The summed E-state index contributed by atoms with van der Waals surface area (Å²) in [5, 5.41) is 0.716. The van der Waals surface area contributed by atoms with Crippen LogP contribution < -0.4 is 5.56 Å². The van der Waals surface area contributed by atoms with Crippen molar-refractivity contribution in [1.82, 2.24) is 9.55 Å². The highest BCUT2D eigenvalue weighted by atomic mass is 32.2. The Morgan fingerprint density at radius 3 is 2.87 bits per heavy atom. The van der Waals surface area contributed by atoms with Crippen LogP contribution in [0.25, 0.3) is 5.69 Å². The molecule has 3 nitrogen and oxygen atoms in total. The molecule has 1 aromatic heterocycles. The number of hydrogen-bond acceptors (Lipinski definition) is 3. The van der Waals surface area contributed by atoms with Gasteiger partial charge in [-0.1, -0.05) is 17.8 Å². The van der Waals surface area contributed by atoms with E-state index >= 15 is 0 Å². The molecule has 0 bridgehead atoms. The molecule has 0 N–H and O–H groups in total. The zero-order chi connectivity index (χ0) is 15.8. The molecule has 2 aromatic rings. The molecule has 0 unspecified atom stereocenters. The summed E-state index contributed by atoms with van der Waals surface area (Å²) in [7, 11) is 0. The van der Waals surface area contributed by atoms with E-state index in [2.05, 4.69) is 0 Å². The largest absolute Gasteiger partial charge is 0.269 e. The van der Waals surface area contributed by atoms with Crippen LogP contribution in [0.1, 0.15) is 36.9 Å². The van der Waals surface area contributed by atoms with E-state index in [9.17, 15) is 9.18 Å². The van der Waals surface area contributed by atoms with Gasteiger partial charge in [-0.2, -0.15) is 0 Å². The number of hydrogen-bond donors (Lipinski definition) is 0. The van der Waals surface area contributed by atoms with Crippen LogP contribution in [0.5, 0.6) is 0 Å². The Labute approximate surface area is 138 Å². The van der Waals surface area contributed by atoms with Gasteiger partial charge in [-0.3, -0.25) is 9.36 Å². The van der Waals surface area contributed by atoms with Crippen molar-refractivity contribution in [1.29, 1.82) is 0 Å². The molecule has 1 heterocycles. The van der Waals surface area contributed by atoms with Crippen LogP contribution in [0.2, 0.25) is 0 Å². The van der Waals surface area contributed by atoms with Crippen molar-refractivity contribution in [3.05, 3.63) is 51.7 Å². The van der Waals surface area contributed by atoms with Gasteiger partial charge in [0.15, 0.2) is 5.16 Å². The quantitative estimate of drug-likeness (QED) is 0.632. The van der Waals surface area contributed by atoms with Crippen molar-refractivity contribution in [3.8, 4) is 5.69 Å². The maximum absolute atomic E-state index is 13.6. The van der Waals surface area contributed by atoms with Crippen LogP contribution in [0.4, 0.5) is 4.39 Å². The average Bonchev–Trinajstić information content (AvgIpc) is 3.37. The Morgan fingerprint density at radius 2 is 2.09 bits per heavy atom. The Balaban J connectivity index is 1.84. The topological polar surface area (TPSA) is 34.9 Å². The van der Waals surface area contributed by atoms with Crippen molar-refractivity contribution in [2.45, 2.75) is 43.7 Å². The fourth-order valence-electron chi connectivity index (χ4n) is 3.05. The molecule has 5 heteroatoms. The minimum atomic E-state index is -0.328. The van der Waals surface area contributed by atoms with E-state index in [0.717, 1.165) is 48.6 Å². The van der Waals surface area contributed by atoms with E-state index in [4.69, 9.17) is 4.98 Å². The third-order valence-electron chi connectivity index (χ3n) is 4.53. The summed E-state index contributed by atoms with van der Waals surface area (Å²) in [6, 6.07) is 6.24. The summed E-state index contributed by atoms with van der Waals surface area (Å²) in [5.41, 5.74) is 2.33. The van der Waals surface area contributed by atoms with Gasteiger partial charge in [0, 0.05) is 11.3 Å². The number of aryl methyl sites for hydroxylation is 1. The summed E-state index contributed by atoms with van der Waals surface area (Å²) >= 11 is 1.63. The summed E-state index contributed by atoms with van der Waals surface area (Å²) in [6.45, 7) is 0. The molecule has 0 aliphatic heterocycles. The summed E-state index contributed by atoms with van der Waals surface area (Å²) in [5.74, 6) is 1.40. The minimum absolute atomic E-state index is 0.0152. The van der Waals surface area contributed by atoms with E-state index in [-0.39, 0.29) is 11.4 Å². The van der Waals surface area contributed by atoms with Crippen molar-refractivity contribution in [3.63, 3.8) is 0 Å². The van der Waals surface area contributed by atoms with E-state index < -0.39 is 0 Å². The fourth-order valence-corrected chi connectivity index (χ4v) is 4.26. The van der Waals surface area contributed by atoms with Gasteiger partial charge >= 0.3 is 0 Å². The first-order valence-electron chi connectivity index (χ1n) is 8.26. The molecule has 2 aliphatic rings. The van der Waals surface area contributed by atoms with E-state index in [0.29, 0.717) is 10.8 Å². The van der Waals surface area contributed by atoms with Crippen LogP contribution >= 0.6 is 11.8 Å². The van der Waals surface area contributed by atoms with Gasteiger partial charge in [-0.25, -0.2) is 9.37 Å². The number of aromatic nitrogens is 2. The second-order valence-electron chi connectivity index (χ2n) is 6.40. The lowest BCUT2D eigenvalue weighted by atomic mass is 9.97. The lowest BCUT2D eigenvalue weighted by Gasteiger charge is -2.19. The normalized spacial score (nSPS) is 17.1. The summed E-state index contributed by atoms with van der Waals surface area (Å²) < 4.78 is 15.2. The van der Waals surface area contributed by atoms with Crippen LogP contribution in [0.15, 0.2) is 34.2 Å². The number of rotatable bonds is 4. The van der Waals surface area contributed by atoms with Gasteiger partial charge in [-0.05, 0) is 62.6 Å². The van der Waals surface area contributed by atoms with Gasteiger partial charge in [0.05, 0.1) is 11.4 Å². The lowest BCUT2D eigenvalue weighted by molar-refractivity contribution is 0.612. The SMILES string of the molecule is O=c1c2c(nc(SCC3CC3)n1-c1cccc(F)c1)CCCC2. The summed E-state index contributed by atoms with van der Waals surface area (Å²) in [4.78, 5) is 17.8. The highest BCUT2D eigenvalue weighted by Crippen LogP contribution is 2.35. The molecule has 0 atom stereocenters. The molecule has 0 spiro atoms. The second kappa shape index (κ2) is 6.11. The van der Waals surface area contributed by atoms with Crippen molar-refractivity contribution >= 4 is 11.8 Å². The number of fused-ring (bicyclic) bond motifs is 1.